The number of pyridine rings is 1. The van der Waals surface area contributed by atoms with E-state index in [0.717, 1.165) is 0 Å². The molecule has 2 aromatic rings. The number of hydrogen-bond acceptors (Lipinski definition) is 9. The third-order valence-corrected chi connectivity index (χ3v) is 13.3. The molecule has 2 saturated carbocycles. The van der Waals surface area contributed by atoms with E-state index in [-0.39, 0.29) is 49.8 Å². The van der Waals surface area contributed by atoms with Crippen molar-refractivity contribution in [2.24, 2.45) is 17.8 Å². The van der Waals surface area contributed by atoms with Crippen molar-refractivity contribution >= 4 is 44.6 Å². The summed E-state index contributed by atoms with van der Waals surface area (Å²) in [6.07, 6.45) is 5.05. The number of sulfonamides is 1. The van der Waals surface area contributed by atoms with Gasteiger partial charge in [0.25, 0.3) is 5.91 Å². The van der Waals surface area contributed by atoms with Crippen molar-refractivity contribution in [1.82, 2.24) is 25.2 Å². The average molecular weight is 762 g/mol. The van der Waals surface area contributed by atoms with Crippen LogP contribution in [0.3, 0.4) is 0 Å². The van der Waals surface area contributed by atoms with Gasteiger partial charge >= 0.3 is 6.09 Å². The average Bonchev–Trinajstić information content (AvgIpc) is 4.02. The number of fused-ring (bicyclic) bond motifs is 3. The largest absolute Gasteiger partial charge is 0.494 e. The fourth-order valence-electron chi connectivity index (χ4n) is 7.66. The number of benzene rings is 1. The molecule has 288 valence electrons. The maximum Gasteiger partial charge on any atom is 0.405 e. The van der Waals surface area contributed by atoms with Crippen LogP contribution < -0.4 is 24.8 Å². The van der Waals surface area contributed by atoms with Crippen molar-refractivity contribution in [2.45, 2.75) is 93.7 Å². The standard InChI is InChI=1S/C36H45F2N5O9S/c1-4-21-13-20(2)7-5-6-8-23-17-36(23,33(46)42-53(49,50)35(19-37)10-11-35)41-30(44)27-15-24(18-43(27)32(45)29(21)40-34(47)48)52-31-25-16-26(38)28(51-3)14-22(25)9-12-39-31/h6,8-9,12,14,16,20-21,23-24,27,29,40H,4-5,7,10-11,13,15,17-19H2,1-3H3,(H,41,44)(H,42,46)(H,47,48)/t20-,21-,23-,24-,27+,29+,36-/m1/s1. The molecule has 2 aliphatic carbocycles. The molecule has 4 N–H and O–H groups in total. The first kappa shape index (κ1) is 38.2. The molecule has 1 aromatic heterocycles. The Hall–Kier alpha value is -4.54. The molecule has 7 atom stereocenters. The highest BCUT2D eigenvalue weighted by Gasteiger charge is 2.64. The SMILES string of the molecule is CC[C@@H]1C[C@H](C)CCC=C[C@@H]2C[C@@]2(C(=O)NS(=O)(=O)C2(CF)CC2)NC(=O)[C@@H]2C[C@@H](Oc3nccc4cc(OC)c(F)cc34)CN2C(=O)[C@H]1NC(=O)O. The summed E-state index contributed by atoms with van der Waals surface area (Å²) in [5, 5.41) is 15.8. The molecule has 1 saturated heterocycles. The second-order valence-corrected chi connectivity index (χ2v) is 16.8. The van der Waals surface area contributed by atoms with Crippen molar-refractivity contribution in [3.05, 3.63) is 42.4 Å². The molecule has 4 amide bonds. The van der Waals surface area contributed by atoms with Crippen LogP contribution in [0.4, 0.5) is 13.6 Å². The number of carbonyl (C=O) groups is 4. The van der Waals surface area contributed by atoms with Gasteiger partial charge in [0.2, 0.25) is 27.7 Å². The van der Waals surface area contributed by atoms with E-state index in [4.69, 9.17) is 9.47 Å². The summed E-state index contributed by atoms with van der Waals surface area (Å²) in [7, 11) is -3.08. The number of allylic oxidation sites excluding steroid dienone is 1. The molecule has 53 heavy (non-hydrogen) atoms. The van der Waals surface area contributed by atoms with Crippen molar-refractivity contribution in [1.29, 1.82) is 0 Å². The number of methoxy groups -OCH3 is 1. The van der Waals surface area contributed by atoms with Crippen LogP contribution in [-0.2, 0) is 24.4 Å². The number of ether oxygens (including phenoxy) is 2. The van der Waals surface area contributed by atoms with E-state index in [1.165, 1.54) is 30.3 Å². The quantitative estimate of drug-likeness (QED) is 0.275. The molecule has 0 unspecified atom stereocenters. The molecular weight excluding hydrogens is 716 g/mol. The lowest BCUT2D eigenvalue weighted by Crippen LogP contribution is -2.59. The topological polar surface area (TPSA) is 193 Å². The first-order valence-electron chi connectivity index (χ1n) is 17.9. The van der Waals surface area contributed by atoms with E-state index in [1.54, 1.807) is 12.1 Å². The zero-order chi connectivity index (χ0) is 38.3. The van der Waals surface area contributed by atoms with Crippen LogP contribution in [0, 0.1) is 23.6 Å². The van der Waals surface area contributed by atoms with Gasteiger partial charge in [-0.05, 0) is 73.9 Å². The normalized spacial score (nSPS) is 29.9. The van der Waals surface area contributed by atoms with E-state index in [1.807, 2.05) is 24.6 Å². The lowest BCUT2D eigenvalue weighted by atomic mass is 9.85. The van der Waals surface area contributed by atoms with Crippen LogP contribution in [0.1, 0.15) is 65.2 Å². The predicted molar refractivity (Wildman–Crippen MR) is 188 cm³/mol. The Kier molecular flexibility index (Phi) is 10.6. The molecule has 3 heterocycles. The summed E-state index contributed by atoms with van der Waals surface area (Å²) >= 11 is 0. The minimum absolute atomic E-state index is 0.0106. The van der Waals surface area contributed by atoms with Gasteiger partial charge in [-0.25, -0.2) is 27.0 Å². The molecule has 14 nitrogen and oxygen atoms in total. The number of hydrogen-bond donors (Lipinski definition) is 4. The summed E-state index contributed by atoms with van der Waals surface area (Å²) in [6.45, 7) is 2.51. The smallest absolute Gasteiger partial charge is 0.405 e. The summed E-state index contributed by atoms with van der Waals surface area (Å²) in [5.74, 6) is -4.03. The van der Waals surface area contributed by atoms with Gasteiger partial charge < -0.3 is 30.1 Å². The highest BCUT2D eigenvalue weighted by atomic mass is 32.2. The third kappa shape index (κ3) is 7.49. The van der Waals surface area contributed by atoms with Gasteiger partial charge in [-0.1, -0.05) is 32.4 Å². The number of nitrogens with one attached hydrogen (secondary N) is 3. The minimum Gasteiger partial charge on any atom is -0.494 e. The number of carbonyl (C=O) groups excluding carboxylic acids is 3. The van der Waals surface area contributed by atoms with Gasteiger partial charge in [0.1, 0.15) is 35.1 Å². The van der Waals surface area contributed by atoms with Crippen LogP contribution in [0.2, 0.25) is 0 Å². The van der Waals surface area contributed by atoms with Gasteiger partial charge in [0.15, 0.2) is 11.6 Å². The van der Waals surface area contributed by atoms with Gasteiger partial charge in [-0.15, -0.1) is 0 Å². The summed E-state index contributed by atoms with van der Waals surface area (Å²) in [5.41, 5.74) is -1.70. The molecule has 1 aromatic carbocycles. The number of aromatic nitrogens is 1. The predicted octanol–water partition coefficient (Wildman–Crippen LogP) is 3.59. The fraction of sp³-hybridized carbons (Fsp3) is 0.583. The summed E-state index contributed by atoms with van der Waals surface area (Å²) in [4.78, 5) is 60.1. The molecule has 2 aliphatic heterocycles. The molecule has 3 fully saturated rings. The molecule has 4 aliphatic rings. The molecule has 17 heteroatoms. The van der Waals surface area contributed by atoms with Crippen LogP contribution in [0.25, 0.3) is 10.8 Å². The lowest BCUT2D eigenvalue weighted by Gasteiger charge is -2.33. The molecule has 6 rings (SSSR count). The fourth-order valence-corrected chi connectivity index (χ4v) is 9.08. The number of halogens is 2. The van der Waals surface area contributed by atoms with E-state index in [0.29, 0.717) is 36.5 Å². The maximum atomic E-state index is 14.8. The van der Waals surface area contributed by atoms with Gasteiger partial charge in [0.05, 0.1) is 13.7 Å². The Balaban J connectivity index is 1.35. The summed E-state index contributed by atoms with van der Waals surface area (Å²) < 4.78 is 66.4. The number of alkyl halides is 1. The van der Waals surface area contributed by atoms with Crippen LogP contribution in [0.5, 0.6) is 11.6 Å². The second kappa shape index (κ2) is 14.7. The number of rotatable bonds is 9. The molecule has 0 spiro atoms. The van der Waals surface area contributed by atoms with Gasteiger partial charge in [0, 0.05) is 23.9 Å². The highest BCUT2D eigenvalue weighted by molar-refractivity contribution is 7.91. The van der Waals surface area contributed by atoms with Crippen molar-refractivity contribution in [3.63, 3.8) is 0 Å². The lowest BCUT2D eigenvalue weighted by molar-refractivity contribution is -0.142. The molecule has 0 bridgehead atoms. The molecular formula is C36H45F2N5O9S. The number of amides is 4. The van der Waals surface area contributed by atoms with E-state index in [2.05, 4.69) is 15.6 Å². The van der Waals surface area contributed by atoms with Crippen LogP contribution >= 0.6 is 0 Å². The van der Waals surface area contributed by atoms with E-state index >= 15 is 0 Å². The van der Waals surface area contributed by atoms with Gasteiger partial charge in [-0.3, -0.25) is 19.1 Å². The zero-order valence-corrected chi connectivity index (χ0v) is 30.6. The Morgan fingerprint density at radius 2 is 1.96 bits per heavy atom. The Morgan fingerprint density at radius 3 is 2.62 bits per heavy atom. The highest BCUT2D eigenvalue weighted by Crippen LogP contribution is 2.48. The monoisotopic (exact) mass is 761 g/mol. The van der Waals surface area contributed by atoms with E-state index < -0.39 is 86.6 Å². The van der Waals surface area contributed by atoms with Crippen molar-refractivity contribution in [3.8, 4) is 11.6 Å². The number of nitrogens with zero attached hydrogens (tertiary/aromatic N) is 2. The van der Waals surface area contributed by atoms with Crippen molar-refractivity contribution in [2.75, 3.05) is 20.3 Å². The van der Waals surface area contributed by atoms with Crippen LogP contribution in [-0.4, -0.2) is 96.0 Å². The van der Waals surface area contributed by atoms with Crippen molar-refractivity contribution < 1.29 is 51.0 Å². The zero-order valence-electron chi connectivity index (χ0n) is 29.8. The van der Waals surface area contributed by atoms with E-state index in [9.17, 15) is 41.5 Å². The maximum absolute atomic E-state index is 14.8. The van der Waals surface area contributed by atoms with Crippen LogP contribution in [0.15, 0.2) is 36.5 Å². The third-order valence-electron chi connectivity index (χ3n) is 11.2. The summed E-state index contributed by atoms with van der Waals surface area (Å²) in [6, 6.07) is 1.81. The first-order chi connectivity index (χ1) is 25.2. The Morgan fingerprint density at radius 1 is 1.21 bits per heavy atom. The first-order valence-corrected chi connectivity index (χ1v) is 19.4. The number of carboxylic acid groups (broad SMARTS) is 1. The Labute approximate surface area is 306 Å². The second-order valence-electron chi connectivity index (χ2n) is 14.8. The molecule has 0 radical (unpaired) electrons. The minimum atomic E-state index is -4.41. The van der Waals surface area contributed by atoms with Gasteiger partial charge in [-0.2, -0.15) is 0 Å². The Bertz CT molecular complexity index is 1930.